The highest BCUT2D eigenvalue weighted by Gasteiger charge is 2.24. The van der Waals surface area contributed by atoms with E-state index < -0.39 is 0 Å². The molecule has 1 aromatic carbocycles. The predicted molar refractivity (Wildman–Crippen MR) is 66.2 cm³/mol. The second kappa shape index (κ2) is 4.78. The van der Waals surface area contributed by atoms with E-state index in [0.717, 1.165) is 0 Å². The van der Waals surface area contributed by atoms with E-state index in [2.05, 4.69) is 37.6 Å². The van der Waals surface area contributed by atoms with E-state index >= 15 is 0 Å². The molecule has 0 fully saturated rings. The molecule has 2 nitrogen and oxygen atoms in total. The Balaban J connectivity index is 2.97. The molecule has 0 spiro atoms. The van der Waals surface area contributed by atoms with Gasteiger partial charge in [0.15, 0.2) is 0 Å². The number of hydrogen-bond donors (Lipinski definition) is 1. The maximum absolute atomic E-state index is 5.97. The van der Waals surface area contributed by atoms with Crippen molar-refractivity contribution in [1.82, 2.24) is 0 Å². The first-order valence-corrected chi connectivity index (χ1v) is 5.06. The van der Waals surface area contributed by atoms with Gasteiger partial charge in [-0.05, 0) is 19.4 Å². The molecule has 0 aliphatic rings. The van der Waals surface area contributed by atoms with E-state index in [-0.39, 0.29) is 5.41 Å². The molecule has 0 unspecified atom stereocenters. The van der Waals surface area contributed by atoms with Crippen molar-refractivity contribution >= 4 is 5.84 Å². The average molecular weight is 202 g/mol. The summed E-state index contributed by atoms with van der Waals surface area (Å²) in [5.74, 6) is 0.647. The highest BCUT2D eigenvalue weighted by Crippen LogP contribution is 2.22. The zero-order chi connectivity index (χ0) is 11.3. The largest absolute Gasteiger partial charge is 0.387 e. The highest BCUT2D eigenvalue weighted by molar-refractivity contribution is 5.90. The summed E-state index contributed by atoms with van der Waals surface area (Å²) < 4.78 is 0. The van der Waals surface area contributed by atoms with Crippen LogP contribution in [0.5, 0.6) is 0 Å². The van der Waals surface area contributed by atoms with E-state index in [9.17, 15) is 0 Å². The van der Waals surface area contributed by atoms with E-state index in [4.69, 9.17) is 5.73 Å². The van der Waals surface area contributed by atoms with Crippen LogP contribution in [0, 0.1) is 0 Å². The molecule has 2 N–H and O–H groups in total. The molecule has 0 saturated heterocycles. The normalized spacial score (nSPS) is 12.5. The van der Waals surface area contributed by atoms with Gasteiger partial charge in [0, 0.05) is 5.41 Å². The predicted octanol–water partition coefficient (Wildman–Crippen LogP) is 2.51. The fourth-order valence-electron chi connectivity index (χ4n) is 1.36. The van der Waals surface area contributed by atoms with Crippen molar-refractivity contribution in [2.24, 2.45) is 10.7 Å². The Morgan fingerprint density at radius 2 is 2.00 bits per heavy atom. The first-order chi connectivity index (χ1) is 7.09. The first kappa shape index (κ1) is 11.5. The van der Waals surface area contributed by atoms with Crippen molar-refractivity contribution in [2.75, 3.05) is 6.54 Å². The Labute approximate surface area is 91.5 Å². The fraction of sp³-hybridized carbons (Fsp3) is 0.308. The van der Waals surface area contributed by atoms with Gasteiger partial charge in [-0.15, -0.1) is 6.58 Å². The van der Waals surface area contributed by atoms with E-state index in [1.807, 2.05) is 18.2 Å². The Morgan fingerprint density at radius 3 is 2.53 bits per heavy atom. The third kappa shape index (κ3) is 2.69. The molecule has 1 aromatic rings. The van der Waals surface area contributed by atoms with Crippen LogP contribution in [0.15, 0.2) is 48.0 Å². The molecule has 1 rings (SSSR count). The molecule has 0 bridgehead atoms. The van der Waals surface area contributed by atoms with Crippen molar-refractivity contribution in [3.05, 3.63) is 48.6 Å². The van der Waals surface area contributed by atoms with Gasteiger partial charge in [-0.3, -0.25) is 4.99 Å². The van der Waals surface area contributed by atoms with Gasteiger partial charge in [0.2, 0.25) is 0 Å². The van der Waals surface area contributed by atoms with Crippen LogP contribution in [0.4, 0.5) is 0 Å². The topological polar surface area (TPSA) is 38.4 Å². The standard InChI is InChI=1S/C13H18N2/c1-4-10-15-12(14)13(2,3)11-8-6-5-7-9-11/h4-9H,1,10H2,2-3H3,(H2,14,15). The van der Waals surface area contributed by atoms with E-state index in [0.29, 0.717) is 12.4 Å². The number of nitrogens with two attached hydrogens (primary N) is 1. The molecule has 15 heavy (non-hydrogen) atoms. The molecule has 0 radical (unpaired) electrons. The smallest absolute Gasteiger partial charge is 0.104 e. The molecular weight excluding hydrogens is 184 g/mol. The number of amidine groups is 1. The molecule has 0 heterocycles. The lowest BCUT2D eigenvalue weighted by molar-refractivity contribution is 0.706. The number of benzene rings is 1. The molecule has 80 valence electrons. The lowest BCUT2D eigenvalue weighted by Crippen LogP contribution is -2.36. The van der Waals surface area contributed by atoms with Crippen molar-refractivity contribution in [1.29, 1.82) is 0 Å². The molecule has 0 aliphatic carbocycles. The highest BCUT2D eigenvalue weighted by atomic mass is 14.9. The number of nitrogens with zero attached hydrogens (tertiary/aromatic N) is 1. The summed E-state index contributed by atoms with van der Waals surface area (Å²) in [6.45, 7) is 8.34. The van der Waals surface area contributed by atoms with E-state index in [1.165, 1.54) is 5.56 Å². The third-order valence-corrected chi connectivity index (χ3v) is 2.53. The van der Waals surface area contributed by atoms with Gasteiger partial charge in [0.1, 0.15) is 5.84 Å². The van der Waals surface area contributed by atoms with Crippen molar-refractivity contribution in [3.8, 4) is 0 Å². The Morgan fingerprint density at radius 1 is 1.40 bits per heavy atom. The van der Waals surface area contributed by atoms with Crippen molar-refractivity contribution in [3.63, 3.8) is 0 Å². The van der Waals surface area contributed by atoms with Crippen LogP contribution in [0.2, 0.25) is 0 Å². The number of rotatable bonds is 4. The second-order valence-electron chi connectivity index (χ2n) is 4.01. The Kier molecular flexibility index (Phi) is 3.67. The average Bonchev–Trinajstić information content (AvgIpc) is 2.27. The van der Waals surface area contributed by atoms with Gasteiger partial charge in [-0.1, -0.05) is 36.4 Å². The zero-order valence-corrected chi connectivity index (χ0v) is 9.40. The van der Waals surface area contributed by atoms with Gasteiger partial charge in [-0.2, -0.15) is 0 Å². The van der Waals surface area contributed by atoms with Crippen LogP contribution in [0.3, 0.4) is 0 Å². The lowest BCUT2D eigenvalue weighted by Gasteiger charge is -2.24. The maximum atomic E-state index is 5.97. The van der Waals surface area contributed by atoms with Crippen molar-refractivity contribution in [2.45, 2.75) is 19.3 Å². The summed E-state index contributed by atoms with van der Waals surface area (Å²) >= 11 is 0. The van der Waals surface area contributed by atoms with Crippen LogP contribution in [-0.2, 0) is 5.41 Å². The van der Waals surface area contributed by atoms with Crippen LogP contribution in [0.25, 0.3) is 0 Å². The van der Waals surface area contributed by atoms with Gasteiger partial charge in [-0.25, -0.2) is 0 Å². The first-order valence-electron chi connectivity index (χ1n) is 5.06. The summed E-state index contributed by atoms with van der Waals surface area (Å²) in [5, 5.41) is 0. The summed E-state index contributed by atoms with van der Waals surface area (Å²) in [5.41, 5.74) is 6.93. The molecule has 0 aliphatic heterocycles. The van der Waals surface area contributed by atoms with Crippen molar-refractivity contribution < 1.29 is 0 Å². The van der Waals surface area contributed by atoms with Gasteiger partial charge in [0.05, 0.1) is 6.54 Å². The lowest BCUT2D eigenvalue weighted by atomic mass is 9.83. The maximum Gasteiger partial charge on any atom is 0.104 e. The number of hydrogen-bond acceptors (Lipinski definition) is 1. The third-order valence-electron chi connectivity index (χ3n) is 2.53. The minimum Gasteiger partial charge on any atom is -0.387 e. The quantitative estimate of drug-likeness (QED) is 0.455. The van der Waals surface area contributed by atoms with Crippen LogP contribution < -0.4 is 5.73 Å². The summed E-state index contributed by atoms with van der Waals surface area (Å²) in [7, 11) is 0. The van der Waals surface area contributed by atoms with Crippen LogP contribution in [0.1, 0.15) is 19.4 Å². The Hall–Kier alpha value is -1.57. The summed E-state index contributed by atoms with van der Waals surface area (Å²) in [6.07, 6.45) is 1.74. The minimum atomic E-state index is -0.218. The van der Waals surface area contributed by atoms with Crippen LogP contribution >= 0.6 is 0 Å². The number of aliphatic imine (C=N–C) groups is 1. The zero-order valence-electron chi connectivity index (χ0n) is 9.40. The molecule has 0 aromatic heterocycles. The van der Waals surface area contributed by atoms with Gasteiger partial charge >= 0.3 is 0 Å². The monoisotopic (exact) mass is 202 g/mol. The molecule has 0 amide bonds. The molecule has 0 atom stereocenters. The molecular formula is C13H18N2. The minimum absolute atomic E-state index is 0.218. The van der Waals surface area contributed by atoms with Gasteiger partial charge in [0.25, 0.3) is 0 Å². The summed E-state index contributed by atoms with van der Waals surface area (Å²) in [4.78, 5) is 4.27. The molecule has 0 saturated carbocycles. The Bertz CT molecular complexity index is 350. The van der Waals surface area contributed by atoms with Gasteiger partial charge < -0.3 is 5.73 Å². The second-order valence-corrected chi connectivity index (χ2v) is 4.01. The van der Waals surface area contributed by atoms with Crippen LogP contribution in [-0.4, -0.2) is 12.4 Å². The fourth-order valence-corrected chi connectivity index (χ4v) is 1.36. The SMILES string of the molecule is C=CCN=C(N)C(C)(C)c1ccccc1. The molecule has 2 heteroatoms. The van der Waals surface area contributed by atoms with E-state index in [1.54, 1.807) is 6.08 Å². The summed E-state index contributed by atoms with van der Waals surface area (Å²) in [6, 6.07) is 10.2.